The molecule has 0 aliphatic rings. The zero-order valence-electron chi connectivity index (χ0n) is 13.1. The number of amides is 2. The van der Waals surface area contributed by atoms with Crippen LogP contribution in [0.15, 0.2) is 36.7 Å². The van der Waals surface area contributed by atoms with Crippen molar-refractivity contribution in [3.05, 3.63) is 47.8 Å². The largest absolute Gasteiger partial charge is 0.418 e. The highest BCUT2D eigenvalue weighted by Crippen LogP contribution is 2.34. The monoisotopic (exact) mass is 342 g/mol. The van der Waals surface area contributed by atoms with Crippen molar-refractivity contribution in [3.8, 4) is 0 Å². The molecule has 2 amide bonds. The number of benzene rings is 1. The number of aryl methyl sites for hydroxylation is 1. The Bertz CT molecular complexity index is 726. The first kappa shape index (κ1) is 17.8. The smallest absolute Gasteiger partial charge is 0.383 e. The summed E-state index contributed by atoms with van der Waals surface area (Å²) in [6.07, 6.45) is -1.55. The summed E-state index contributed by atoms with van der Waals surface area (Å²) >= 11 is 0. The molecule has 0 aliphatic carbocycles. The van der Waals surface area contributed by atoms with Gasteiger partial charge in [-0.15, -0.1) is 0 Å². The molecule has 130 valence electrons. The van der Waals surface area contributed by atoms with Crippen LogP contribution in [0.25, 0.3) is 0 Å². The van der Waals surface area contributed by atoms with E-state index in [2.05, 4.69) is 15.7 Å². The van der Waals surface area contributed by atoms with Gasteiger partial charge in [0.15, 0.2) is 0 Å². The Labute approximate surface area is 136 Å². The summed E-state index contributed by atoms with van der Waals surface area (Å²) in [6, 6.07) is 3.80. The van der Waals surface area contributed by atoms with Crippen LogP contribution in [0.1, 0.15) is 18.1 Å². The highest BCUT2D eigenvalue weighted by atomic mass is 19.4. The summed E-state index contributed by atoms with van der Waals surface area (Å²) in [7, 11) is 1.67. The molecule has 9 heteroatoms. The number of hydrogen-bond donors (Lipinski definition) is 3. The summed E-state index contributed by atoms with van der Waals surface area (Å²) in [6.45, 7) is 1.27. The molecule has 1 aromatic heterocycles. The molecule has 0 fully saturated rings. The van der Waals surface area contributed by atoms with Gasteiger partial charge in [-0.1, -0.05) is 12.1 Å². The van der Waals surface area contributed by atoms with Crippen LogP contribution >= 0.6 is 0 Å². The van der Waals surface area contributed by atoms with E-state index in [0.717, 1.165) is 12.1 Å². The van der Waals surface area contributed by atoms with E-state index in [1.165, 1.54) is 29.9 Å². The van der Waals surface area contributed by atoms with Crippen LogP contribution in [0, 0.1) is 0 Å². The molecular formula is C15H17F3N4O2. The maximum absolute atomic E-state index is 12.9. The summed E-state index contributed by atoms with van der Waals surface area (Å²) < 4.78 is 40.1. The highest BCUT2D eigenvalue weighted by molar-refractivity contribution is 5.90. The van der Waals surface area contributed by atoms with Gasteiger partial charge in [-0.25, -0.2) is 4.79 Å². The molecule has 1 heterocycles. The van der Waals surface area contributed by atoms with E-state index in [9.17, 15) is 23.1 Å². The maximum atomic E-state index is 12.9. The number of nitrogens with zero attached hydrogens (tertiary/aromatic N) is 2. The predicted octanol–water partition coefficient (Wildman–Crippen LogP) is 2.47. The Hall–Kier alpha value is -2.55. The van der Waals surface area contributed by atoms with Gasteiger partial charge < -0.3 is 15.7 Å². The zero-order chi connectivity index (χ0) is 18.0. The third-order valence-corrected chi connectivity index (χ3v) is 3.40. The number of carbonyl (C=O) groups is 1. The van der Waals surface area contributed by atoms with Crippen LogP contribution < -0.4 is 10.6 Å². The lowest BCUT2D eigenvalue weighted by Gasteiger charge is -2.22. The number of aliphatic hydroxyl groups is 1. The predicted molar refractivity (Wildman–Crippen MR) is 81.2 cm³/mol. The minimum atomic E-state index is -4.58. The molecule has 0 bridgehead atoms. The lowest BCUT2D eigenvalue weighted by molar-refractivity contribution is -0.136. The van der Waals surface area contributed by atoms with E-state index in [1.54, 1.807) is 13.2 Å². The van der Waals surface area contributed by atoms with E-state index in [4.69, 9.17) is 0 Å². The standard InChI is InChI=1S/C15H17F3N4O2/c1-14(24,10-7-20-22(2)8-10)9-19-13(23)21-12-6-4-3-5-11(12)15(16,17)18/h3-8,24H,9H2,1-2H3,(H2,19,21,23)/t14-/m0/s1. The molecule has 0 radical (unpaired) electrons. The van der Waals surface area contributed by atoms with Crippen molar-refractivity contribution in [2.45, 2.75) is 18.7 Å². The molecule has 0 aliphatic heterocycles. The highest BCUT2D eigenvalue weighted by Gasteiger charge is 2.33. The molecule has 0 saturated carbocycles. The van der Waals surface area contributed by atoms with Gasteiger partial charge >= 0.3 is 12.2 Å². The third-order valence-electron chi connectivity index (χ3n) is 3.40. The molecule has 0 unspecified atom stereocenters. The van der Waals surface area contributed by atoms with Crippen molar-refractivity contribution in [1.29, 1.82) is 0 Å². The number of para-hydroxylation sites is 1. The molecular weight excluding hydrogens is 325 g/mol. The van der Waals surface area contributed by atoms with E-state index >= 15 is 0 Å². The number of carbonyl (C=O) groups excluding carboxylic acids is 1. The number of rotatable bonds is 4. The third kappa shape index (κ3) is 4.25. The zero-order valence-corrected chi connectivity index (χ0v) is 13.1. The van der Waals surface area contributed by atoms with Crippen molar-refractivity contribution in [3.63, 3.8) is 0 Å². The number of nitrogens with one attached hydrogen (secondary N) is 2. The van der Waals surface area contributed by atoms with Gasteiger partial charge in [0.05, 0.1) is 24.0 Å². The van der Waals surface area contributed by atoms with E-state index in [-0.39, 0.29) is 12.2 Å². The lowest BCUT2D eigenvalue weighted by Crippen LogP contribution is -2.40. The molecule has 2 aromatic rings. The fourth-order valence-electron chi connectivity index (χ4n) is 2.06. The second-order valence-electron chi connectivity index (χ2n) is 5.53. The average molecular weight is 342 g/mol. The number of aromatic nitrogens is 2. The summed E-state index contributed by atoms with van der Waals surface area (Å²) in [5.41, 5.74) is -2.24. The SMILES string of the molecule is Cn1cc([C@@](C)(O)CNC(=O)Nc2ccccc2C(F)(F)F)cn1. The van der Waals surface area contributed by atoms with Gasteiger partial charge in [0.2, 0.25) is 0 Å². The Balaban J connectivity index is 2.02. The molecule has 2 rings (SSSR count). The first-order valence-electron chi connectivity index (χ1n) is 7.02. The van der Waals surface area contributed by atoms with Crippen LogP contribution in [0.2, 0.25) is 0 Å². The molecule has 3 N–H and O–H groups in total. The molecule has 1 aromatic carbocycles. The van der Waals surface area contributed by atoms with Gasteiger partial charge in [0.1, 0.15) is 5.60 Å². The maximum Gasteiger partial charge on any atom is 0.418 e. The topological polar surface area (TPSA) is 79.2 Å². The Morgan fingerprint density at radius 1 is 1.33 bits per heavy atom. The van der Waals surface area contributed by atoms with Crippen LogP contribution in [0.4, 0.5) is 23.7 Å². The fourth-order valence-corrected chi connectivity index (χ4v) is 2.06. The Morgan fingerprint density at radius 2 is 2.00 bits per heavy atom. The molecule has 1 atom stereocenters. The van der Waals surface area contributed by atoms with Gasteiger partial charge in [0, 0.05) is 18.8 Å². The van der Waals surface area contributed by atoms with Gasteiger partial charge in [-0.2, -0.15) is 18.3 Å². The van der Waals surface area contributed by atoms with E-state index in [1.807, 2.05) is 0 Å². The number of alkyl halides is 3. The van der Waals surface area contributed by atoms with Crippen molar-refractivity contribution < 1.29 is 23.1 Å². The summed E-state index contributed by atoms with van der Waals surface area (Å²) in [4.78, 5) is 11.9. The van der Waals surface area contributed by atoms with Gasteiger partial charge in [-0.05, 0) is 19.1 Å². The van der Waals surface area contributed by atoms with Crippen LogP contribution in [0.5, 0.6) is 0 Å². The number of urea groups is 1. The number of hydrogen-bond acceptors (Lipinski definition) is 3. The minimum absolute atomic E-state index is 0.196. The van der Waals surface area contributed by atoms with Crippen LogP contribution in [0.3, 0.4) is 0 Å². The molecule has 24 heavy (non-hydrogen) atoms. The van der Waals surface area contributed by atoms with Gasteiger partial charge in [0.25, 0.3) is 0 Å². The van der Waals surface area contributed by atoms with Crippen molar-refractivity contribution >= 4 is 11.7 Å². The summed E-state index contributed by atoms with van der Waals surface area (Å²) in [5, 5.41) is 18.7. The second kappa shape index (κ2) is 6.52. The average Bonchev–Trinajstić information content (AvgIpc) is 2.92. The number of anilines is 1. The van der Waals surface area contributed by atoms with Crippen LogP contribution in [-0.4, -0.2) is 27.5 Å². The number of halogens is 3. The second-order valence-corrected chi connectivity index (χ2v) is 5.53. The van der Waals surface area contributed by atoms with Crippen LogP contribution in [-0.2, 0) is 18.8 Å². The summed E-state index contributed by atoms with van der Waals surface area (Å²) in [5.74, 6) is 0. The lowest BCUT2D eigenvalue weighted by atomic mass is 10.00. The Morgan fingerprint density at radius 3 is 2.58 bits per heavy atom. The van der Waals surface area contributed by atoms with Gasteiger partial charge in [-0.3, -0.25) is 4.68 Å². The minimum Gasteiger partial charge on any atom is -0.383 e. The van der Waals surface area contributed by atoms with E-state index < -0.39 is 23.4 Å². The van der Waals surface area contributed by atoms with Crippen molar-refractivity contribution in [1.82, 2.24) is 15.1 Å². The first-order valence-corrected chi connectivity index (χ1v) is 7.02. The quantitative estimate of drug-likeness (QED) is 0.799. The molecule has 0 saturated heterocycles. The van der Waals surface area contributed by atoms with Crippen molar-refractivity contribution in [2.24, 2.45) is 7.05 Å². The molecule has 6 nitrogen and oxygen atoms in total. The van der Waals surface area contributed by atoms with E-state index in [0.29, 0.717) is 5.56 Å². The first-order chi connectivity index (χ1) is 11.1. The Kier molecular flexibility index (Phi) is 4.83. The fraction of sp³-hybridized carbons (Fsp3) is 0.333. The normalized spacial score (nSPS) is 14.1. The van der Waals surface area contributed by atoms with Crippen molar-refractivity contribution in [2.75, 3.05) is 11.9 Å². The molecule has 0 spiro atoms.